The Morgan fingerprint density at radius 3 is 2.72 bits per heavy atom. The average Bonchev–Trinajstić information content (AvgIpc) is 3.14. The summed E-state index contributed by atoms with van der Waals surface area (Å²) in [5.41, 5.74) is 4.50. The van der Waals surface area contributed by atoms with E-state index in [-0.39, 0.29) is 5.88 Å². The number of halogens is 1. The van der Waals surface area contributed by atoms with E-state index in [1.807, 2.05) is 55.5 Å². The van der Waals surface area contributed by atoms with E-state index in [1.54, 1.807) is 6.21 Å². The molecule has 0 fully saturated rings. The minimum absolute atomic E-state index is 0.1000. The van der Waals surface area contributed by atoms with Crippen molar-refractivity contribution >= 4 is 38.9 Å². The summed E-state index contributed by atoms with van der Waals surface area (Å²) in [5, 5.41) is 18.4. The van der Waals surface area contributed by atoms with Crippen molar-refractivity contribution in [1.82, 2.24) is 15.2 Å². The van der Waals surface area contributed by atoms with Crippen LogP contribution in [-0.2, 0) is 0 Å². The largest absolute Gasteiger partial charge is 0.494 e. The number of nitrogens with zero attached hydrogens (tertiary/aromatic N) is 2. The van der Waals surface area contributed by atoms with Gasteiger partial charge >= 0.3 is 0 Å². The van der Waals surface area contributed by atoms with Crippen molar-refractivity contribution in [2.75, 3.05) is 0 Å². The van der Waals surface area contributed by atoms with Gasteiger partial charge in [-0.3, -0.25) is 5.10 Å². The molecule has 0 bridgehead atoms. The van der Waals surface area contributed by atoms with E-state index in [2.05, 4.69) is 36.1 Å². The van der Waals surface area contributed by atoms with Crippen LogP contribution in [0.2, 0.25) is 0 Å². The number of aryl methyl sites for hydroxylation is 1. The topological polar surface area (TPSA) is 77.1 Å². The van der Waals surface area contributed by atoms with Crippen molar-refractivity contribution in [2.24, 2.45) is 4.99 Å². The van der Waals surface area contributed by atoms with Crippen LogP contribution in [0, 0.1) is 6.92 Å². The highest BCUT2D eigenvalue weighted by Crippen LogP contribution is 2.34. The van der Waals surface area contributed by atoms with E-state index in [0.29, 0.717) is 11.4 Å². The van der Waals surface area contributed by atoms with Crippen LogP contribution in [-0.4, -0.2) is 26.5 Å². The predicted octanol–water partition coefficient (Wildman–Crippen LogP) is 5.09. The molecular formula is C19H15BrN4O. The number of nitrogens with one attached hydrogen (secondary N) is 2. The average molecular weight is 395 g/mol. The van der Waals surface area contributed by atoms with Crippen molar-refractivity contribution in [3.05, 3.63) is 64.1 Å². The zero-order valence-electron chi connectivity index (χ0n) is 13.4. The second kappa shape index (κ2) is 6.22. The van der Waals surface area contributed by atoms with Gasteiger partial charge < -0.3 is 10.1 Å². The van der Waals surface area contributed by atoms with Crippen molar-refractivity contribution in [3.8, 4) is 17.1 Å². The lowest BCUT2D eigenvalue weighted by atomic mass is 10.1. The van der Waals surface area contributed by atoms with Gasteiger partial charge in [0.2, 0.25) is 0 Å². The number of hydrogen-bond donors (Lipinski definition) is 3. The Labute approximate surface area is 152 Å². The van der Waals surface area contributed by atoms with Gasteiger partial charge in [0, 0.05) is 22.7 Å². The van der Waals surface area contributed by atoms with E-state index in [4.69, 9.17) is 0 Å². The third kappa shape index (κ3) is 2.74. The van der Waals surface area contributed by atoms with Gasteiger partial charge in [-0.1, -0.05) is 42.5 Å². The van der Waals surface area contributed by atoms with Crippen molar-refractivity contribution < 1.29 is 5.11 Å². The van der Waals surface area contributed by atoms with Crippen molar-refractivity contribution in [3.63, 3.8) is 0 Å². The number of aromatic amines is 2. The van der Waals surface area contributed by atoms with Crippen LogP contribution >= 0.6 is 15.9 Å². The number of aliphatic imine (C=N–C) groups is 1. The first kappa shape index (κ1) is 15.7. The van der Waals surface area contributed by atoms with Gasteiger partial charge in [-0.25, -0.2) is 4.99 Å². The second-order valence-corrected chi connectivity index (χ2v) is 6.54. The molecule has 6 heteroatoms. The molecule has 2 aromatic carbocycles. The summed E-state index contributed by atoms with van der Waals surface area (Å²) in [6.45, 7) is 2.00. The molecule has 0 unspecified atom stereocenters. The molecule has 3 N–H and O–H groups in total. The zero-order valence-corrected chi connectivity index (χ0v) is 15.0. The first-order chi connectivity index (χ1) is 12.1. The number of aromatic hydroxyl groups is 1. The molecule has 0 aliphatic rings. The molecule has 4 rings (SSSR count). The molecule has 5 nitrogen and oxygen atoms in total. The molecular weight excluding hydrogens is 380 g/mol. The fraction of sp³-hybridized carbons (Fsp3) is 0.0526. The molecule has 0 aliphatic heterocycles. The smallest absolute Gasteiger partial charge is 0.198 e. The maximum Gasteiger partial charge on any atom is 0.198 e. The fourth-order valence-corrected chi connectivity index (χ4v) is 3.40. The summed E-state index contributed by atoms with van der Waals surface area (Å²) in [4.78, 5) is 7.43. The SMILES string of the molecule is Cc1cccc2[nH]c(O)c(C=Nc3n[nH]c(-c4ccccc4)c3Br)c12. The Hall–Kier alpha value is -2.86. The van der Waals surface area contributed by atoms with Crippen LogP contribution in [0.3, 0.4) is 0 Å². The molecule has 0 aliphatic carbocycles. The Kier molecular flexibility index (Phi) is 3.89. The highest BCUT2D eigenvalue weighted by atomic mass is 79.9. The predicted molar refractivity (Wildman–Crippen MR) is 104 cm³/mol. The van der Waals surface area contributed by atoms with Gasteiger partial charge in [-0.15, -0.1) is 0 Å². The number of hydrogen-bond acceptors (Lipinski definition) is 3. The Morgan fingerprint density at radius 1 is 1.12 bits per heavy atom. The first-order valence-electron chi connectivity index (χ1n) is 7.78. The van der Waals surface area contributed by atoms with E-state index >= 15 is 0 Å². The van der Waals surface area contributed by atoms with Crippen molar-refractivity contribution in [2.45, 2.75) is 6.92 Å². The minimum Gasteiger partial charge on any atom is -0.494 e. The summed E-state index contributed by atoms with van der Waals surface area (Å²) in [5.74, 6) is 0.629. The van der Waals surface area contributed by atoms with E-state index in [1.165, 1.54) is 0 Å². The quantitative estimate of drug-likeness (QED) is 0.423. The maximum atomic E-state index is 10.2. The van der Waals surface area contributed by atoms with Crippen LogP contribution in [0.4, 0.5) is 5.82 Å². The lowest BCUT2D eigenvalue weighted by molar-refractivity contribution is 0.457. The second-order valence-electron chi connectivity index (χ2n) is 5.75. The Balaban J connectivity index is 1.75. The summed E-state index contributed by atoms with van der Waals surface area (Å²) >= 11 is 3.56. The molecule has 2 heterocycles. The third-order valence-electron chi connectivity index (χ3n) is 4.12. The molecule has 0 spiro atoms. The van der Waals surface area contributed by atoms with Gasteiger partial charge in [0.15, 0.2) is 11.7 Å². The number of benzene rings is 2. The van der Waals surface area contributed by atoms with E-state index in [9.17, 15) is 5.11 Å². The number of aromatic nitrogens is 3. The monoisotopic (exact) mass is 394 g/mol. The number of rotatable bonds is 3. The Bertz CT molecular complexity index is 1080. The summed E-state index contributed by atoms with van der Waals surface area (Å²) < 4.78 is 0.783. The van der Waals surface area contributed by atoms with Gasteiger partial charge in [0.25, 0.3) is 0 Å². The van der Waals surface area contributed by atoms with Gasteiger partial charge in [-0.2, -0.15) is 5.10 Å². The van der Waals surface area contributed by atoms with Gasteiger partial charge in [-0.05, 0) is 34.5 Å². The lowest BCUT2D eigenvalue weighted by Gasteiger charge is -1.98. The van der Waals surface area contributed by atoms with Gasteiger partial charge in [0.05, 0.1) is 15.7 Å². The minimum atomic E-state index is 0.1000. The first-order valence-corrected chi connectivity index (χ1v) is 8.58. The number of fused-ring (bicyclic) bond motifs is 1. The van der Waals surface area contributed by atoms with Crippen molar-refractivity contribution in [1.29, 1.82) is 0 Å². The van der Waals surface area contributed by atoms with Crippen LogP contribution < -0.4 is 0 Å². The fourth-order valence-electron chi connectivity index (χ4n) is 2.89. The lowest BCUT2D eigenvalue weighted by Crippen LogP contribution is -1.82. The van der Waals surface area contributed by atoms with E-state index in [0.717, 1.165) is 32.2 Å². The number of H-pyrrole nitrogens is 2. The molecule has 2 aromatic heterocycles. The van der Waals surface area contributed by atoms with Crippen LogP contribution in [0.15, 0.2) is 58.0 Å². The molecule has 25 heavy (non-hydrogen) atoms. The van der Waals surface area contributed by atoms with Crippen LogP contribution in [0.1, 0.15) is 11.1 Å². The molecule has 0 atom stereocenters. The van der Waals surface area contributed by atoms with Crippen LogP contribution in [0.5, 0.6) is 5.88 Å². The zero-order chi connectivity index (χ0) is 17.4. The summed E-state index contributed by atoms with van der Waals surface area (Å²) in [7, 11) is 0. The Morgan fingerprint density at radius 2 is 1.92 bits per heavy atom. The van der Waals surface area contributed by atoms with Crippen LogP contribution in [0.25, 0.3) is 22.2 Å². The summed E-state index contributed by atoms with van der Waals surface area (Å²) in [6.07, 6.45) is 1.64. The third-order valence-corrected chi connectivity index (χ3v) is 4.87. The molecule has 0 radical (unpaired) electrons. The summed E-state index contributed by atoms with van der Waals surface area (Å²) in [6, 6.07) is 15.8. The van der Waals surface area contributed by atoms with Gasteiger partial charge in [0.1, 0.15) is 0 Å². The standard InChI is InChI=1S/C19H15BrN4O/c1-11-6-5-9-14-15(11)13(19(25)22-14)10-21-18-16(20)17(23-24-18)12-7-3-2-4-8-12/h2-10,22,25H,1H3,(H,23,24). The maximum absolute atomic E-state index is 10.2. The molecule has 0 saturated carbocycles. The normalized spacial score (nSPS) is 11.6. The van der Waals surface area contributed by atoms with E-state index < -0.39 is 0 Å². The molecule has 124 valence electrons. The highest BCUT2D eigenvalue weighted by molar-refractivity contribution is 9.10. The molecule has 4 aromatic rings. The molecule has 0 amide bonds. The molecule has 0 saturated heterocycles. The highest BCUT2D eigenvalue weighted by Gasteiger charge is 2.13.